The van der Waals surface area contributed by atoms with Crippen LogP contribution in [0.1, 0.15) is 129 Å². The van der Waals surface area contributed by atoms with Crippen molar-refractivity contribution in [3.05, 3.63) is 12.2 Å². The Hall–Kier alpha value is -1.93. The summed E-state index contributed by atoms with van der Waals surface area (Å²) in [5.41, 5.74) is 0. The van der Waals surface area contributed by atoms with E-state index >= 15 is 0 Å². The van der Waals surface area contributed by atoms with Crippen molar-refractivity contribution in [1.82, 2.24) is 0 Å². The molecule has 0 bridgehead atoms. The van der Waals surface area contributed by atoms with E-state index in [0.29, 0.717) is 12.8 Å². The summed E-state index contributed by atoms with van der Waals surface area (Å²) >= 11 is 0. The van der Waals surface area contributed by atoms with Crippen LogP contribution in [-0.2, 0) is 28.6 Å². The molecule has 2 atom stereocenters. The number of carbonyl (C=O) groups is 3. The maximum absolute atomic E-state index is 12.5. The van der Waals surface area contributed by atoms with Crippen LogP contribution in [0.5, 0.6) is 0 Å². The Balaban J connectivity index is 4.52. The summed E-state index contributed by atoms with van der Waals surface area (Å²) in [5, 5.41) is 11.5. The van der Waals surface area contributed by atoms with Gasteiger partial charge in [-0.25, -0.2) is 0 Å². The Morgan fingerprint density at radius 3 is 1.83 bits per heavy atom. The lowest BCUT2D eigenvalue weighted by molar-refractivity contribution is -0.889. The van der Waals surface area contributed by atoms with Crippen molar-refractivity contribution in [3.8, 4) is 0 Å². The van der Waals surface area contributed by atoms with E-state index in [-0.39, 0.29) is 42.7 Å². The van der Waals surface area contributed by atoms with E-state index in [4.69, 9.17) is 14.2 Å². The molecule has 0 aromatic rings. The highest BCUT2D eigenvalue weighted by atomic mass is 16.6. The maximum atomic E-state index is 12.5. The lowest BCUT2D eigenvalue weighted by Crippen LogP contribution is -2.55. The summed E-state index contributed by atoms with van der Waals surface area (Å²) in [6, 6.07) is -0.720. The molecule has 240 valence electrons. The van der Waals surface area contributed by atoms with E-state index in [1.807, 2.05) is 0 Å². The normalized spacial score (nSPS) is 13.3. The minimum atomic E-state index is -1.13. The maximum Gasteiger partial charge on any atom is 0.306 e. The number of quaternary nitrogens is 1. The summed E-state index contributed by atoms with van der Waals surface area (Å²) in [7, 11) is 5.38. The van der Waals surface area contributed by atoms with Gasteiger partial charge in [0.15, 0.2) is 6.10 Å². The van der Waals surface area contributed by atoms with Crippen LogP contribution in [0.3, 0.4) is 0 Å². The summed E-state index contributed by atoms with van der Waals surface area (Å²) < 4.78 is 16.9. The average molecular weight is 584 g/mol. The Morgan fingerprint density at radius 2 is 1.24 bits per heavy atom. The molecule has 0 aliphatic rings. The van der Waals surface area contributed by atoms with Gasteiger partial charge < -0.3 is 28.6 Å². The van der Waals surface area contributed by atoms with Crippen molar-refractivity contribution in [1.29, 1.82) is 0 Å². The molecule has 0 radical (unpaired) electrons. The van der Waals surface area contributed by atoms with Gasteiger partial charge in [-0.1, -0.05) is 90.2 Å². The van der Waals surface area contributed by atoms with E-state index in [0.717, 1.165) is 57.8 Å². The predicted octanol–water partition coefficient (Wildman–Crippen LogP) is 5.90. The number of aliphatic carboxylic acids is 1. The Labute approximate surface area is 250 Å². The number of carboxylic acid groups (broad SMARTS) is 1. The van der Waals surface area contributed by atoms with Gasteiger partial charge in [-0.05, 0) is 32.1 Å². The number of likely N-dealkylation sites (N-methyl/N-ethyl adjacent to an activating group) is 1. The van der Waals surface area contributed by atoms with Crippen LogP contribution in [0.2, 0.25) is 0 Å². The van der Waals surface area contributed by atoms with E-state index < -0.39 is 18.1 Å². The molecular formula is C33H61NO7. The molecule has 0 fully saturated rings. The number of carbonyl (C=O) groups excluding carboxylic acids is 3. The molecule has 8 heteroatoms. The zero-order valence-electron chi connectivity index (χ0n) is 27.0. The van der Waals surface area contributed by atoms with Crippen molar-refractivity contribution in [2.75, 3.05) is 41.0 Å². The number of esters is 2. The monoisotopic (exact) mass is 583 g/mol. The smallest absolute Gasteiger partial charge is 0.306 e. The predicted molar refractivity (Wildman–Crippen MR) is 162 cm³/mol. The number of rotatable bonds is 28. The molecule has 0 spiro atoms. The second kappa shape index (κ2) is 25.8. The molecule has 0 aromatic heterocycles. The molecule has 0 aliphatic heterocycles. The number of allylic oxidation sites excluding steroid dienone is 2. The van der Waals surface area contributed by atoms with Gasteiger partial charge in [-0.3, -0.25) is 9.59 Å². The first-order chi connectivity index (χ1) is 19.6. The number of hydrogen-bond donors (Lipinski definition) is 0. The first kappa shape index (κ1) is 39.1. The van der Waals surface area contributed by atoms with Crippen molar-refractivity contribution in [2.45, 2.75) is 142 Å². The van der Waals surface area contributed by atoms with Gasteiger partial charge in [0.2, 0.25) is 0 Å². The standard InChI is InChI=1S/C33H61NO7/c1-6-8-10-12-14-15-16-18-20-22-24-32(36)41-29(27-39-26-25-30(33(37)38)34(3,4)5)28-40-31(35)23-21-19-17-13-11-9-7-2/h12,14,29-30H,6-11,13,15-28H2,1-5H3/b14-12+. The number of carboxylic acids is 1. The van der Waals surface area contributed by atoms with Gasteiger partial charge in [-0.15, -0.1) is 0 Å². The largest absolute Gasteiger partial charge is 0.544 e. The Morgan fingerprint density at radius 1 is 0.707 bits per heavy atom. The fourth-order valence-corrected chi connectivity index (χ4v) is 4.52. The van der Waals surface area contributed by atoms with Crippen LogP contribution in [0.15, 0.2) is 12.2 Å². The van der Waals surface area contributed by atoms with Crippen LogP contribution in [0.25, 0.3) is 0 Å². The third-order valence-corrected chi connectivity index (χ3v) is 7.15. The molecule has 8 nitrogen and oxygen atoms in total. The molecule has 0 heterocycles. The minimum absolute atomic E-state index is 0.0394. The van der Waals surface area contributed by atoms with Gasteiger partial charge in [0, 0.05) is 19.3 Å². The zero-order chi connectivity index (χ0) is 30.8. The van der Waals surface area contributed by atoms with Crippen molar-refractivity contribution < 1.29 is 38.2 Å². The molecule has 0 amide bonds. The SMILES string of the molecule is CCCC/C=C/CCCCCCC(=O)OC(COCCC(C(=O)[O-])[N+](C)(C)C)COC(=O)CCCCCCCCC. The van der Waals surface area contributed by atoms with E-state index in [1.54, 1.807) is 21.1 Å². The molecule has 41 heavy (non-hydrogen) atoms. The van der Waals surface area contributed by atoms with Crippen LogP contribution in [0, 0.1) is 0 Å². The van der Waals surface area contributed by atoms with Gasteiger partial charge in [0.1, 0.15) is 12.6 Å². The lowest BCUT2D eigenvalue weighted by atomic mass is 10.1. The van der Waals surface area contributed by atoms with Crippen molar-refractivity contribution in [2.24, 2.45) is 0 Å². The number of ether oxygens (including phenoxy) is 3. The summed E-state index contributed by atoms with van der Waals surface area (Å²) in [5.74, 6) is -1.76. The molecule has 0 saturated carbocycles. The highest BCUT2D eigenvalue weighted by Gasteiger charge is 2.25. The summed E-state index contributed by atoms with van der Waals surface area (Å²) in [6.07, 6.45) is 21.1. The molecule has 0 saturated heterocycles. The van der Waals surface area contributed by atoms with Gasteiger partial charge in [0.25, 0.3) is 0 Å². The highest BCUT2D eigenvalue weighted by molar-refractivity contribution is 5.70. The zero-order valence-corrected chi connectivity index (χ0v) is 27.0. The van der Waals surface area contributed by atoms with Gasteiger partial charge in [-0.2, -0.15) is 0 Å². The lowest BCUT2D eigenvalue weighted by Gasteiger charge is -2.34. The summed E-state index contributed by atoms with van der Waals surface area (Å²) in [6.45, 7) is 4.53. The molecule has 0 aliphatic carbocycles. The molecule has 0 rings (SSSR count). The average Bonchev–Trinajstić information content (AvgIpc) is 2.91. The quantitative estimate of drug-likeness (QED) is 0.0489. The second-order valence-corrected chi connectivity index (χ2v) is 12.0. The molecule has 0 N–H and O–H groups in total. The Kier molecular flexibility index (Phi) is 24.5. The number of nitrogens with zero attached hydrogens (tertiary/aromatic N) is 1. The first-order valence-electron chi connectivity index (χ1n) is 16.2. The van der Waals surface area contributed by atoms with Crippen LogP contribution < -0.4 is 5.11 Å². The van der Waals surface area contributed by atoms with Crippen LogP contribution in [-0.4, -0.2) is 75.5 Å². The fraction of sp³-hybridized carbons (Fsp3) is 0.848. The number of hydrogen-bond acceptors (Lipinski definition) is 7. The fourth-order valence-electron chi connectivity index (χ4n) is 4.52. The molecule has 2 unspecified atom stereocenters. The summed E-state index contributed by atoms with van der Waals surface area (Å²) in [4.78, 5) is 36.3. The van der Waals surface area contributed by atoms with Crippen molar-refractivity contribution >= 4 is 17.9 Å². The topological polar surface area (TPSA) is 102 Å². The minimum Gasteiger partial charge on any atom is -0.544 e. The third-order valence-electron chi connectivity index (χ3n) is 7.15. The first-order valence-corrected chi connectivity index (χ1v) is 16.2. The van der Waals surface area contributed by atoms with E-state index in [1.165, 1.54) is 38.5 Å². The van der Waals surface area contributed by atoms with E-state index in [9.17, 15) is 19.5 Å². The third kappa shape index (κ3) is 24.4. The van der Waals surface area contributed by atoms with E-state index in [2.05, 4.69) is 26.0 Å². The van der Waals surface area contributed by atoms with Gasteiger partial charge in [0.05, 0.1) is 40.3 Å². The highest BCUT2D eigenvalue weighted by Crippen LogP contribution is 2.12. The van der Waals surface area contributed by atoms with Crippen LogP contribution >= 0.6 is 0 Å². The number of unbranched alkanes of at least 4 members (excludes halogenated alkanes) is 12. The van der Waals surface area contributed by atoms with Crippen LogP contribution in [0.4, 0.5) is 0 Å². The van der Waals surface area contributed by atoms with Gasteiger partial charge >= 0.3 is 11.9 Å². The molecule has 0 aromatic carbocycles. The van der Waals surface area contributed by atoms with Crippen molar-refractivity contribution in [3.63, 3.8) is 0 Å². The Bertz CT molecular complexity index is 702. The molecular weight excluding hydrogens is 522 g/mol. The second-order valence-electron chi connectivity index (χ2n) is 12.0.